The van der Waals surface area contributed by atoms with E-state index in [1.165, 1.54) is 12.1 Å². The number of nitrogens with one attached hydrogen (secondary N) is 1. The lowest BCUT2D eigenvalue weighted by Crippen LogP contribution is -2.41. The lowest BCUT2D eigenvalue weighted by atomic mass is 10.0. The highest BCUT2D eigenvalue weighted by Crippen LogP contribution is 2.08. The van der Waals surface area contributed by atoms with Gasteiger partial charge in [-0.05, 0) is 31.4 Å². The second-order valence-electron chi connectivity index (χ2n) is 5.40. The van der Waals surface area contributed by atoms with Crippen LogP contribution in [-0.2, 0) is 14.9 Å². The topological polar surface area (TPSA) is 133 Å². The molecule has 7 nitrogen and oxygen atoms in total. The van der Waals surface area contributed by atoms with Crippen molar-refractivity contribution < 1.29 is 17.8 Å². The molecule has 1 atom stereocenters. The predicted octanol–water partition coefficient (Wildman–Crippen LogP) is 1.24. The van der Waals surface area contributed by atoms with Gasteiger partial charge in [0.1, 0.15) is 6.54 Å². The van der Waals surface area contributed by atoms with Crippen LogP contribution in [0.15, 0.2) is 29.2 Å². The van der Waals surface area contributed by atoms with Gasteiger partial charge in [0.05, 0.1) is 17.0 Å². The molecule has 1 unspecified atom stereocenters. The van der Waals surface area contributed by atoms with Crippen molar-refractivity contribution in [2.45, 2.75) is 38.1 Å². The Morgan fingerprint density at radius 2 is 1.87 bits per heavy atom. The molecule has 8 heteroatoms. The van der Waals surface area contributed by atoms with Crippen molar-refractivity contribution in [3.8, 4) is 6.07 Å². The Morgan fingerprint density at radius 3 is 2.26 bits per heavy atom. The van der Waals surface area contributed by atoms with E-state index in [4.69, 9.17) is 15.5 Å². The van der Waals surface area contributed by atoms with Crippen molar-refractivity contribution in [3.05, 3.63) is 29.8 Å². The number of nitriles is 1. The van der Waals surface area contributed by atoms with Crippen molar-refractivity contribution in [3.63, 3.8) is 0 Å². The second kappa shape index (κ2) is 9.94. The summed E-state index contributed by atoms with van der Waals surface area (Å²) in [5.41, 5.74) is 6.49. The zero-order valence-electron chi connectivity index (χ0n) is 13.5. The first-order chi connectivity index (χ1) is 10.6. The molecule has 0 saturated carbocycles. The maximum Gasteiger partial charge on any atom is 0.294 e. The van der Waals surface area contributed by atoms with Gasteiger partial charge in [-0.3, -0.25) is 9.35 Å². The molecule has 0 bridgehead atoms. The van der Waals surface area contributed by atoms with Gasteiger partial charge in [-0.25, -0.2) is 0 Å². The second-order valence-corrected chi connectivity index (χ2v) is 6.82. The Kier molecular flexibility index (Phi) is 9.10. The monoisotopic (exact) mass is 341 g/mol. The molecule has 1 amide bonds. The Balaban J connectivity index is 0.000000422. The van der Waals surface area contributed by atoms with Gasteiger partial charge in [-0.15, -0.1) is 0 Å². The number of benzene rings is 1. The average Bonchev–Trinajstić information content (AvgIpc) is 2.44. The molecule has 23 heavy (non-hydrogen) atoms. The van der Waals surface area contributed by atoms with Crippen LogP contribution >= 0.6 is 0 Å². The minimum Gasteiger partial charge on any atom is -0.342 e. The van der Waals surface area contributed by atoms with Gasteiger partial charge in [0.2, 0.25) is 5.91 Å². The first-order valence-corrected chi connectivity index (χ1v) is 8.46. The summed E-state index contributed by atoms with van der Waals surface area (Å²) in [6, 6.07) is 7.32. The maximum atomic E-state index is 11.1. The Morgan fingerprint density at radius 1 is 1.35 bits per heavy atom. The zero-order chi connectivity index (χ0) is 18.0. The van der Waals surface area contributed by atoms with Crippen LogP contribution < -0.4 is 11.1 Å². The molecule has 128 valence electrons. The highest BCUT2D eigenvalue weighted by molar-refractivity contribution is 7.85. The fraction of sp³-hybridized carbons (Fsp3) is 0.467. The molecule has 1 aromatic rings. The SMILES string of the molecule is CC(C)CC(N)C(=O)NCC#N.Cc1ccc(S(=O)(=O)O)cc1. The van der Waals surface area contributed by atoms with Crippen LogP contribution in [-0.4, -0.2) is 31.5 Å². The third kappa shape index (κ3) is 9.63. The molecule has 0 aliphatic rings. The number of carbonyl (C=O) groups is 1. The first kappa shape index (κ1) is 21.0. The molecule has 0 radical (unpaired) electrons. The predicted molar refractivity (Wildman–Crippen MR) is 87.0 cm³/mol. The third-order valence-corrected chi connectivity index (χ3v) is 3.59. The highest BCUT2D eigenvalue weighted by Gasteiger charge is 2.13. The molecule has 0 saturated heterocycles. The van der Waals surface area contributed by atoms with Crippen molar-refractivity contribution in [1.82, 2.24) is 5.32 Å². The zero-order valence-corrected chi connectivity index (χ0v) is 14.3. The smallest absolute Gasteiger partial charge is 0.294 e. The number of nitrogens with two attached hydrogens (primary N) is 1. The number of hydrogen-bond acceptors (Lipinski definition) is 5. The highest BCUT2D eigenvalue weighted by atomic mass is 32.2. The van der Waals surface area contributed by atoms with E-state index in [-0.39, 0.29) is 17.3 Å². The van der Waals surface area contributed by atoms with Crippen LogP contribution in [0.5, 0.6) is 0 Å². The van der Waals surface area contributed by atoms with Gasteiger partial charge in [-0.2, -0.15) is 13.7 Å². The molecule has 0 aliphatic heterocycles. The average molecular weight is 341 g/mol. The molecular formula is C15H23N3O4S. The van der Waals surface area contributed by atoms with E-state index in [1.54, 1.807) is 12.1 Å². The molecule has 0 spiro atoms. The van der Waals surface area contributed by atoms with Gasteiger partial charge >= 0.3 is 0 Å². The summed E-state index contributed by atoms with van der Waals surface area (Å²) in [5.74, 6) is 0.151. The van der Waals surface area contributed by atoms with Crippen LogP contribution in [0.3, 0.4) is 0 Å². The van der Waals surface area contributed by atoms with Gasteiger partial charge in [-0.1, -0.05) is 31.5 Å². The van der Waals surface area contributed by atoms with Crippen molar-refractivity contribution >= 4 is 16.0 Å². The van der Waals surface area contributed by atoms with E-state index in [0.717, 1.165) is 5.56 Å². The summed E-state index contributed by atoms with van der Waals surface area (Å²) in [6.07, 6.45) is 0.650. The summed E-state index contributed by atoms with van der Waals surface area (Å²) in [4.78, 5) is 11.0. The Bertz CT molecular complexity index is 634. The van der Waals surface area contributed by atoms with Crippen LogP contribution in [0.2, 0.25) is 0 Å². The van der Waals surface area contributed by atoms with Crippen LogP contribution in [0.1, 0.15) is 25.8 Å². The summed E-state index contributed by atoms with van der Waals surface area (Å²) in [5, 5.41) is 10.6. The minimum absolute atomic E-state index is 0.0324. The fourth-order valence-electron chi connectivity index (χ4n) is 1.58. The number of aryl methyl sites for hydroxylation is 1. The number of amides is 1. The van der Waals surface area contributed by atoms with Crippen molar-refractivity contribution in [2.75, 3.05) is 6.54 Å². The number of rotatable bonds is 5. The largest absolute Gasteiger partial charge is 0.342 e. The van der Waals surface area contributed by atoms with Crippen molar-refractivity contribution in [1.29, 1.82) is 5.26 Å². The molecule has 0 aromatic heterocycles. The standard InChI is InChI=1S/C8H15N3O.C7H8O3S/c1-6(2)5-7(10)8(12)11-4-3-9;1-6-2-4-7(5-3-6)11(8,9)10/h6-7H,4-5,10H2,1-2H3,(H,11,12);2-5H,1H3,(H,8,9,10). The van der Waals surface area contributed by atoms with Gasteiger partial charge < -0.3 is 11.1 Å². The summed E-state index contributed by atoms with van der Waals surface area (Å²) >= 11 is 0. The molecule has 1 rings (SSSR count). The van der Waals surface area contributed by atoms with Crippen LogP contribution in [0, 0.1) is 24.2 Å². The first-order valence-electron chi connectivity index (χ1n) is 7.02. The van der Waals surface area contributed by atoms with Gasteiger partial charge in [0.25, 0.3) is 10.1 Å². The summed E-state index contributed by atoms with van der Waals surface area (Å²) in [6.45, 7) is 5.87. The van der Waals surface area contributed by atoms with Gasteiger partial charge in [0.15, 0.2) is 0 Å². The minimum atomic E-state index is -4.02. The summed E-state index contributed by atoms with van der Waals surface area (Å²) in [7, 11) is -4.02. The Labute approximate surface area is 137 Å². The molecule has 0 heterocycles. The molecule has 0 aliphatic carbocycles. The van der Waals surface area contributed by atoms with E-state index in [2.05, 4.69) is 5.32 Å². The van der Waals surface area contributed by atoms with E-state index in [9.17, 15) is 13.2 Å². The summed E-state index contributed by atoms with van der Waals surface area (Å²) < 4.78 is 29.6. The van der Waals surface area contributed by atoms with E-state index in [0.29, 0.717) is 12.3 Å². The fourth-order valence-corrected chi connectivity index (χ4v) is 2.06. The molecule has 4 N–H and O–H groups in total. The van der Waals surface area contributed by atoms with E-state index >= 15 is 0 Å². The third-order valence-electron chi connectivity index (χ3n) is 2.72. The van der Waals surface area contributed by atoms with Crippen LogP contribution in [0.25, 0.3) is 0 Å². The van der Waals surface area contributed by atoms with Gasteiger partial charge in [0, 0.05) is 0 Å². The molecular weight excluding hydrogens is 318 g/mol. The quantitative estimate of drug-likeness (QED) is 0.545. The van der Waals surface area contributed by atoms with Crippen LogP contribution in [0.4, 0.5) is 0 Å². The maximum absolute atomic E-state index is 11.1. The lowest BCUT2D eigenvalue weighted by molar-refractivity contribution is -0.122. The molecule has 1 aromatic carbocycles. The lowest BCUT2D eigenvalue weighted by Gasteiger charge is -2.12. The molecule has 0 fully saturated rings. The number of carbonyl (C=O) groups excluding carboxylic acids is 1. The normalized spacial score (nSPS) is 11.9. The number of nitrogens with zero attached hydrogens (tertiary/aromatic N) is 1. The van der Waals surface area contributed by atoms with E-state index in [1.807, 2.05) is 26.8 Å². The van der Waals surface area contributed by atoms with Crippen molar-refractivity contribution in [2.24, 2.45) is 11.7 Å². The Hall–Kier alpha value is -1.95. The number of hydrogen-bond donors (Lipinski definition) is 3. The van der Waals surface area contributed by atoms with E-state index < -0.39 is 16.2 Å².